The standard InChI is InChI=1S/C23H30N4O6S/c1-31-20-11-18(19(27(29)30)12-21(20)33-13-17-14-34-16-25-17)22(28)24-15-23(5-3-2-4-6-23)26-7-9-32-10-8-26/h11-12,14,16H,2-10,13,15H2,1H3,(H,24,28). The van der Waals surface area contributed by atoms with Crippen molar-refractivity contribution in [2.24, 2.45) is 0 Å². The molecule has 0 spiro atoms. The molecule has 0 radical (unpaired) electrons. The van der Waals surface area contributed by atoms with Crippen molar-refractivity contribution in [1.29, 1.82) is 0 Å². The number of nitrogens with zero attached hydrogens (tertiary/aromatic N) is 3. The summed E-state index contributed by atoms with van der Waals surface area (Å²) in [5, 5.41) is 16.7. The van der Waals surface area contributed by atoms with Gasteiger partial charge in [0.25, 0.3) is 11.6 Å². The highest BCUT2D eigenvalue weighted by Gasteiger charge is 2.39. The molecular formula is C23H30N4O6S. The molecule has 11 heteroatoms. The van der Waals surface area contributed by atoms with Crippen LogP contribution in [0.15, 0.2) is 23.0 Å². The zero-order valence-electron chi connectivity index (χ0n) is 19.3. The van der Waals surface area contributed by atoms with Crippen molar-refractivity contribution >= 4 is 22.9 Å². The number of carbonyl (C=O) groups is 1. The van der Waals surface area contributed by atoms with E-state index in [-0.39, 0.29) is 34.9 Å². The molecule has 2 fully saturated rings. The molecule has 184 valence electrons. The molecule has 34 heavy (non-hydrogen) atoms. The molecule has 10 nitrogen and oxygen atoms in total. The molecule has 1 aliphatic heterocycles. The summed E-state index contributed by atoms with van der Waals surface area (Å²) in [4.78, 5) is 31.0. The van der Waals surface area contributed by atoms with Gasteiger partial charge in [-0.15, -0.1) is 11.3 Å². The Balaban J connectivity index is 1.53. The van der Waals surface area contributed by atoms with Gasteiger partial charge in [0.15, 0.2) is 11.5 Å². The predicted octanol–water partition coefficient (Wildman–Crippen LogP) is 3.40. The number of aromatic nitrogens is 1. The van der Waals surface area contributed by atoms with Crippen molar-refractivity contribution < 1.29 is 23.9 Å². The van der Waals surface area contributed by atoms with E-state index in [2.05, 4.69) is 15.2 Å². The monoisotopic (exact) mass is 490 g/mol. The third kappa shape index (κ3) is 5.48. The van der Waals surface area contributed by atoms with Gasteiger partial charge < -0.3 is 19.5 Å². The maximum atomic E-state index is 13.2. The summed E-state index contributed by atoms with van der Waals surface area (Å²) < 4.78 is 16.6. The van der Waals surface area contributed by atoms with Gasteiger partial charge in [0.1, 0.15) is 12.2 Å². The molecule has 1 amide bonds. The number of ether oxygens (including phenoxy) is 3. The normalized spacial score (nSPS) is 18.3. The first kappa shape index (κ1) is 24.4. The van der Waals surface area contributed by atoms with Crippen LogP contribution in [0, 0.1) is 10.1 Å². The molecule has 1 aromatic heterocycles. The van der Waals surface area contributed by atoms with Crippen LogP contribution in [0.3, 0.4) is 0 Å². The number of nitro groups is 1. The van der Waals surface area contributed by atoms with Gasteiger partial charge in [-0.2, -0.15) is 0 Å². The third-order valence-electron chi connectivity index (χ3n) is 6.63. The van der Waals surface area contributed by atoms with Gasteiger partial charge in [0.2, 0.25) is 0 Å². The minimum absolute atomic E-state index is 0.0456. The largest absolute Gasteiger partial charge is 0.493 e. The maximum absolute atomic E-state index is 13.2. The first-order valence-corrected chi connectivity index (χ1v) is 12.4. The number of carbonyl (C=O) groups excluding carboxylic acids is 1. The van der Waals surface area contributed by atoms with E-state index in [1.54, 1.807) is 5.51 Å². The fourth-order valence-corrected chi connectivity index (χ4v) is 5.35. The van der Waals surface area contributed by atoms with Crippen molar-refractivity contribution in [2.45, 2.75) is 44.2 Å². The van der Waals surface area contributed by atoms with Crippen LogP contribution in [-0.4, -0.2) is 66.2 Å². The zero-order valence-corrected chi connectivity index (χ0v) is 20.1. The molecule has 0 atom stereocenters. The van der Waals surface area contributed by atoms with E-state index in [9.17, 15) is 14.9 Å². The highest BCUT2D eigenvalue weighted by Crippen LogP contribution is 2.36. The van der Waals surface area contributed by atoms with Crippen LogP contribution < -0.4 is 14.8 Å². The summed E-state index contributed by atoms with van der Waals surface area (Å²) in [5.41, 5.74) is 1.87. The van der Waals surface area contributed by atoms with Crippen molar-refractivity contribution in [3.8, 4) is 11.5 Å². The number of thiazole rings is 1. The number of amides is 1. The second-order valence-electron chi connectivity index (χ2n) is 8.61. The summed E-state index contributed by atoms with van der Waals surface area (Å²) in [7, 11) is 1.44. The fraction of sp³-hybridized carbons (Fsp3) is 0.565. The first-order valence-electron chi connectivity index (χ1n) is 11.5. The molecule has 2 aromatic rings. The second kappa shape index (κ2) is 11.1. The van der Waals surface area contributed by atoms with Gasteiger partial charge in [0.05, 0.1) is 42.5 Å². The zero-order chi connectivity index (χ0) is 24.0. The first-order chi connectivity index (χ1) is 16.5. The number of hydrogen-bond donors (Lipinski definition) is 1. The number of nitro benzene ring substituents is 1. The van der Waals surface area contributed by atoms with Gasteiger partial charge in [-0.3, -0.25) is 19.8 Å². The van der Waals surface area contributed by atoms with Gasteiger partial charge in [0, 0.05) is 36.6 Å². The Morgan fingerprint density at radius 1 is 1.26 bits per heavy atom. The Labute approximate surface area is 202 Å². The Hall–Kier alpha value is -2.76. The topological polar surface area (TPSA) is 116 Å². The third-order valence-corrected chi connectivity index (χ3v) is 7.26. The molecule has 1 saturated carbocycles. The minimum Gasteiger partial charge on any atom is -0.493 e. The summed E-state index contributed by atoms with van der Waals surface area (Å²) in [6.07, 6.45) is 5.37. The van der Waals surface area contributed by atoms with Crippen LogP contribution in [0.5, 0.6) is 11.5 Å². The van der Waals surface area contributed by atoms with Crippen molar-refractivity contribution in [2.75, 3.05) is 40.0 Å². The summed E-state index contributed by atoms with van der Waals surface area (Å²) in [6, 6.07) is 2.63. The van der Waals surface area contributed by atoms with Crippen LogP contribution in [0.1, 0.15) is 48.2 Å². The lowest BCUT2D eigenvalue weighted by Gasteiger charge is -2.48. The number of hydrogen-bond acceptors (Lipinski definition) is 9. The summed E-state index contributed by atoms with van der Waals surface area (Å²) in [5.74, 6) is -0.0448. The average Bonchev–Trinajstić information content (AvgIpc) is 3.40. The van der Waals surface area contributed by atoms with Gasteiger partial charge >= 0.3 is 0 Å². The molecule has 0 unspecified atom stereocenters. The maximum Gasteiger partial charge on any atom is 0.286 e. The molecule has 1 aromatic carbocycles. The molecule has 1 N–H and O–H groups in total. The Kier molecular flexibility index (Phi) is 7.96. The second-order valence-corrected chi connectivity index (χ2v) is 9.33. The van der Waals surface area contributed by atoms with E-state index in [1.807, 2.05) is 5.38 Å². The van der Waals surface area contributed by atoms with E-state index in [0.717, 1.165) is 38.8 Å². The molecule has 2 heterocycles. The van der Waals surface area contributed by atoms with Crippen LogP contribution in [-0.2, 0) is 11.3 Å². The van der Waals surface area contributed by atoms with E-state index in [1.165, 1.54) is 37.0 Å². The van der Waals surface area contributed by atoms with E-state index < -0.39 is 10.8 Å². The lowest BCUT2D eigenvalue weighted by atomic mass is 9.79. The number of morpholine rings is 1. The molecular weight excluding hydrogens is 460 g/mol. The predicted molar refractivity (Wildman–Crippen MR) is 127 cm³/mol. The smallest absolute Gasteiger partial charge is 0.286 e. The molecule has 4 rings (SSSR count). The molecule has 2 aliphatic rings. The highest BCUT2D eigenvalue weighted by atomic mass is 32.1. The van der Waals surface area contributed by atoms with Crippen molar-refractivity contribution in [1.82, 2.24) is 15.2 Å². The van der Waals surface area contributed by atoms with Crippen LogP contribution >= 0.6 is 11.3 Å². The SMILES string of the molecule is COc1cc(C(=O)NCC2(N3CCOCC3)CCCCC2)c([N+](=O)[O-])cc1OCc1cscn1. The Morgan fingerprint density at radius 3 is 2.68 bits per heavy atom. The van der Waals surface area contributed by atoms with Crippen molar-refractivity contribution in [3.63, 3.8) is 0 Å². The number of methoxy groups -OCH3 is 1. The fourth-order valence-electron chi connectivity index (χ4n) is 4.81. The lowest BCUT2D eigenvalue weighted by molar-refractivity contribution is -0.385. The Morgan fingerprint density at radius 2 is 2.03 bits per heavy atom. The van der Waals surface area contributed by atoms with Gasteiger partial charge in [-0.25, -0.2) is 4.98 Å². The quantitative estimate of drug-likeness (QED) is 0.420. The molecule has 1 saturated heterocycles. The lowest BCUT2D eigenvalue weighted by Crippen LogP contribution is -2.59. The summed E-state index contributed by atoms with van der Waals surface area (Å²) >= 11 is 1.43. The van der Waals surface area contributed by atoms with Gasteiger partial charge in [-0.05, 0) is 12.8 Å². The van der Waals surface area contributed by atoms with Crippen LogP contribution in [0.4, 0.5) is 5.69 Å². The average molecular weight is 491 g/mol. The van der Waals surface area contributed by atoms with Crippen LogP contribution in [0.2, 0.25) is 0 Å². The number of benzene rings is 1. The van der Waals surface area contributed by atoms with E-state index >= 15 is 0 Å². The summed E-state index contributed by atoms with van der Waals surface area (Å²) in [6.45, 7) is 3.60. The van der Waals surface area contributed by atoms with E-state index in [0.29, 0.717) is 25.5 Å². The van der Waals surface area contributed by atoms with E-state index in [4.69, 9.17) is 14.2 Å². The Bertz CT molecular complexity index is 988. The van der Waals surface area contributed by atoms with Crippen molar-refractivity contribution in [3.05, 3.63) is 44.4 Å². The number of rotatable bonds is 9. The highest BCUT2D eigenvalue weighted by molar-refractivity contribution is 7.07. The van der Waals surface area contributed by atoms with Crippen LogP contribution in [0.25, 0.3) is 0 Å². The minimum atomic E-state index is -0.567. The van der Waals surface area contributed by atoms with Gasteiger partial charge in [-0.1, -0.05) is 19.3 Å². The number of nitrogens with one attached hydrogen (secondary N) is 1. The molecule has 1 aliphatic carbocycles. The molecule has 0 bridgehead atoms.